The van der Waals surface area contributed by atoms with Crippen LogP contribution in [0.1, 0.15) is 19.3 Å². The number of pyridine rings is 1. The van der Waals surface area contributed by atoms with Crippen LogP contribution in [0.5, 0.6) is 0 Å². The topological polar surface area (TPSA) is 114 Å². The van der Waals surface area contributed by atoms with Gasteiger partial charge in [-0.15, -0.1) is 0 Å². The molecule has 0 aromatic carbocycles. The molecule has 9 nitrogen and oxygen atoms in total. The number of methoxy groups -OCH3 is 1. The van der Waals surface area contributed by atoms with Crippen molar-refractivity contribution in [3.63, 3.8) is 0 Å². The summed E-state index contributed by atoms with van der Waals surface area (Å²) in [5.41, 5.74) is 0.597. The lowest BCUT2D eigenvalue weighted by molar-refractivity contribution is -0.141. The number of hydrogen-bond acceptors (Lipinski definition) is 7. The highest BCUT2D eigenvalue weighted by Crippen LogP contribution is 2.36. The highest BCUT2D eigenvalue weighted by Gasteiger charge is 2.33. The minimum Gasteiger partial charge on any atom is -0.469 e. The summed E-state index contributed by atoms with van der Waals surface area (Å²) < 4.78 is 20.3. The van der Waals surface area contributed by atoms with Crippen LogP contribution in [-0.4, -0.2) is 43.7 Å². The number of anilines is 1. The second kappa shape index (κ2) is 6.78. The van der Waals surface area contributed by atoms with Crippen molar-refractivity contribution in [2.75, 3.05) is 12.4 Å². The number of halogens is 1. The predicted octanol–water partition coefficient (Wildman–Crippen LogP) is 1.37. The quantitative estimate of drug-likeness (QED) is 0.628. The number of esters is 1. The van der Waals surface area contributed by atoms with Crippen LogP contribution in [0, 0.1) is 11.7 Å². The van der Waals surface area contributed by atoms with E-state index in [9.17, 15) is 14.0 Å². The van der Waals surface area contributed by atoms with Crippen LogP contribution >= 0.6 is 0 Å². The van der Waals surface area contributed by atoms with Crippen molar-refractivity contribution >= 4 is 17.4 Å². The molecule has 1 unspecified atom stereocenters. The minimum absolute atomic E-state index is 0.0143. The van der Waals surface area contributed by atoms with E-state index in [1.165, 1.54) is 17.7 Å². The molecule has 1 saturated carbocycles. The molecule has 10 heteroatoms. The zero-order valence-electron chi connectivity index (χ0n) is 14.5. The number of nitrogens with zero attached hydrogens (tertiary/aromatic N) is 4. The Kier molecular flexibility index (Phi) is 4.30. The molecule has 0 saturated heterocycles. The van der Waals surface area contributed by atoms with E-state index >= 15 is 0 Å². The summed E-state index contributed by atoms with van der Waals surface area (Å²) >= 11 is 0. The SMILES string of the molecule is COC(=O)CC(Nc1nc(-c2ccc3n[nH]c(=O)n3c2)ncc1F)C1CC1. The predicted molar refractivity (Wildman–Crippen MR) is 93.6 cm³/mol. The molecule has 0 amide bonds. The molecule has 1 aliphatic rings. The van der Waals surface area contributed by atoms with E-state index in [4.69, 9.17) is 4.74 Å². The van der Waals surface area contributed by atoms with Crippen LogP contribution in [0.15, 0.2) is 29.3 Å². The first-order valence-electron chi connectivity index (χ1n) is 8.48. The number of rotatable bonds is 6. The van der Waals surface area contributed by atoms with Crippen molar-refractivity contribution in [3.8, 4) is 11.4 Å². The second-order valence-electron chi connectivity index (χ2n) is 6.43. The van der Waals surface area contributed by atoms with Crippen molar-refractivity contribution in [2.45, 2.75) is 25.3 Å². The van der Waals surface area contributed by atoms with Crippen molar-refractivity contribution in [2.24, 2.45) is 5.92 Å². The fourth-order valence-electron chi connectivity index (χ4n) is 2.92. The van der Waals surface area contributed by atoms with Crippen molar-refractivity contribution in [3.05, 3.63) is 40.8 Å². The lowest BCUT2D eigenvalue weighted by Gasteiger charge is -2.18. The van der Waals surface area contributed by atoms with Crippen molar-refractivity contribution in [1.82, 2.24) is 24.6 Å². The summed E-state index contributed by atoms with van der Waals surface area (Å²) in [6.45, 7) is 0. The van der Waals surface area contributed by atoms with E-state index in [1.807, 2.05) is 0 Å². The molecule has 3 heterocycles. The zero-order chi connectivity index (χ0) is 19.0. The average molecular weight is 372 g/mol. The molecule has 140 valence electrons. The van der Waals surface area contributed by atoms with Crippen molar-refractivity contribution < 1.29 is 13.9 Å². The van der Waals surface area contributed by atoms with E-state index in [1.54, 1.807) is 12.1 Å². The molecule has 4 rings (SSSR count). The van der Waals surface area contributed by atoms with Gasteiger partial charge < -0.3 is 10.1 Å². The van der Waals surface area contributed by atoms with Gasteiger partial charge in [0, 0.05) is 17.8 Å². The first-order valence-corrected chi connectivity index (χ1v) is 8.48. The Balaban J connectivity index is 1.64. The number of aromatic nitrogens is 5. The first kappa shape index (κ1) is 17.1. The number of hydrogen-bond donors (Lipinski definition) is 2. The highest BCUT2D eigenvalue weighted by atomic mass is 19.1. The monoisotopic (exact) mass is 372 g/mol. The molecule has 1 atom stereocenters. The van der Waals surface area contributed by atoms with E-state index in [0.717, 1.165) is 19.0 Å². The number of carbonyl (C=O) groups excluding carboxylic acids is 1. The summed E-state index contributed by atoms with van der Waals surface area (Å²) in [5, 5.41) is 9.21. The van der Waals surface area contributed by atoms with Crippen LogP contribution in [0.4, 0.5) is 10.2 Å². The number of aromatic amines is 1. The second-order valence-corrected chi connectivity index (χ2v) is 6.43. The largest absolute Gasteiger partial charge is 0.469 e. The summed E-state index contributed by atoms with van der Waals surface area (Å²) in [4.78, 5) is 31.6. The Morgan fingerprint density at radius 1 is 1.48 bits per heavy atom. The Morgan fingerprint density at radius 2 is 2.30 bits per heavy atom. The molecule has 0 bridgehead atoms. The fraction of sp³-hybridized carbons (Fsp3) is 0.353. The van der Waals surface area contributed by atoms with Gasteiger partial charge in [-0.05, 0) is 30.9 Å². The lowest BCUT2D eigenvalue weighted by Crippen LogP contribution is -2.27. The maximum atomic E-state index is 14.2. The van der Waals surface area contributed by atoms with E-state index in [-0.39, 0.29) is 41.7 Å². The molecule has 0 spiro atoms. The van der Waals surface area contributed by atoms with Gasteiger partial charge in [0.1, 0.15) is 0 Å². The van der Waals surface area contributed by atoms with Crippen LogP contribution < -0.4 is 11.0 Å². The normalized spacial score (nSPS) is 14.9. The van der Waals surface area contributed by atoms with Crippen molar-refractivity contribution in [1.29, 1.82) is 0 Å². The third-order valence-corrected chi connectivity index (χ3v) is 4.54. The Labute approximate surface area is 152 Å². The molecule has 0 aliphatic heterocycles. The van der Waals surface area contributed by atoms with Gasteiger partial charge >= 0.3 is 11.7 Å². The smallest absolute Gasteiger partial charge is 0.347 e. The van der Waals surface area contributed by atoms with Gasteiger partial charge in [-0.1, -0.05) is 0 Å². The number of nitrogens with one attached hydrogen (secondary N) is 2. The summed E-state index contributed by atoms with van der Waals surface area (Å²) in [6.07, 6.45) is 4.67. The third-order valence-electron chi connectivity index (χ3n) is 4.54. The Morgan fingerprint density at radius 3 is 3.04 bits per heavy atom. The van der Waals surface area contributed by atoms with Gasteiger partial charge in [-0.2, -0.15) is 5.10 Å². The maximum absolute atomic E-state index is 14.2. The first-order chi connectivity index (χ1) is 13.0. The Bertz CT molecular complexity index is 1060. The summed E-state index contributed by atoms with van der Waals surface area (Å²) in [7, 11) is 1.32. The van der Waals surface area contributed by atoms with E-state index in [0.29, 0.717) is 11.2 Å². The Hall–Kier alpha value is -3.30. The van der Waals surface area contributed by atoms with E-state index < -0.39 is 5.82 Å². The number of H-pyrrole nitrogens is 1. The van der Waals surface area contributed by atoms with Gasteiger partial charge in [0.25, 0.3) is 0 Å². The minimum atomic E-state index is -0.615. The van der Waals surface area contributed by atoms with E-state index in [2.05, 4.69) is 25.5 Å². The standard InChI is InChI=1S/C17H17FN6O3/c1-27-14(25)6-12(9-2-3-9)20-16-11(18)7-19-15(21-16)10-4-5-13-22-23-17(26)24(13)8-10/h4-5,7-9,12H,2-3,6H2,1H3,(H,23,26)(H,19,20,21). The number of carbonyl (C=O) groups is 1. The molecular weight excluding hydrogens is 355 g/mol. The van der Waals surface area contributed by atoms with Crippen LogP contribution in [0.3, 0.4) is 0 Å². The number of ether oxygens (including phenoxy) is 1. The molecule has 27 heavy (non-hydrogen) atoms. The third kappa shape index (κ3) is 3.50. The van der Waals surface area contributed by atoms with Crippen LogP contribution in [-0.2, 0) is 9.53 Å². The molecule has 3 aromatic rings. The average Bonchev–Trinajstić information content (AvgIpc) is 3.46. The van der Waals surface area contributed by atoms with Gasteiger partial charge in [0.2, 0.25) is 0 Å². The summed E-state index contributed by atoms with van der Waals surface area (Å²) in [6, 6.07) is 3.07. The fourth-order valence-corrected chi connectivity index (χ4v) is 2.92. The zero-order valence-corrected chi connectivity index (χ0v) is 14.5. The maximum Gasteiger partial charge on any atom is 0.347 e. The summed E-state index contributed by atoms with van der Waals surface area (Å²) in [5.74, 6) is -0.431. The lowest BCUT2D eigenvalue weighted by atomic mass is 10.1. The van der Waals surface area contributed by atoms with Crippen LogP contribution in [0.25, 0.3) is 17.0 Å². The van der Waals surface area contributed by atoms with Gasteiger partial charge in [0.15, 0.2) is 23.1 Å². The molecule has 1 aliphatic carbocycles. The van der Waals surface area contributed by atoms with Crippen LogP contribution in [0.2, 0.25) is 0 Å². The van der Waals surface area contributed by atoms with Gasteiger partial charge in [-0.3, -0.25) is 4.79 Å². The molecular formula is C17H17FN6O3. The van der Waals surface area contributed by atoms with Gasteiger partial charge in [0.05, 0.1) is 19.7 Å². The molecule has 1 fully saturated rings. The molecule has 2 N–H and O–H groups in total. The van der Waals surface area contributed by atoms with Gasteiger partial charge in [-0.25, -0.2) is 28.7 Å². The molecule has 0 radical (unpaired) electrons. The molecule has 3 aromatic heterocycles. The highest BCUT2D eigenvalue weighted by molar-refractivity contribution is 5.70. The number of fused-ring (bicyclic) bond motifs is 1.